The molecule has 0 atom stereocenters. The lowest BCUT2D eigenvalue weighted by molar-refractivity contribution is 0.282. The van der Waals surface area contributed by atoms with Gasteiger partial charge in [0.25, 0.3) is 0 Å². The van der Waals surface area contributed by atoms with Crippen LogP contribution in [0, 0.1) is 0 Å². The molecule has 0 bridgehead atoms. The van der Waals surface area contributed by atoms with Crippen molar-refractivity contribution in [3.63, 3.8) is 0 Å². The molecule has 0 amide bonds. The molecule has 0 saturated heterocycles. The van der Waals surface area contributed by atoms with Crippen LogP contribution in [-0.4, -0.2) is 46.6 Å². The minimum absolute atomic E-state index is 0.162. The lowest BCUT2D eigenvalue weighted by atomic mass is 10.2. The Kier molecular flexibility index (Phi) is 8.12. The van der Waals surface area contributed by atoms with E-state index in [4.69, 9.17) is 27.6 Å². The Hall–Kier alpha value is -1.96. The third-order valence-corrected chi connectivity index (χ3v) is 2.37. The zero-order chi connectivity index (χ0) is 14.0. The van der Waals surface area contributed by atoms with E-state index in [-0.39, 0.29) is 11.7 Å². The second kappa shape index (κ2) is 9.11. The molecule has 18 heavy (non-hydrogen) atoms. The number of hydrogen-bond acceptors (Lipinski definition) is 6. The van der Waals surface area contributed by atoms with E-state index in [9.17, 15) is 0 Å². The molecule has 104 valence electrons. The van der Waals surface area contributed by atoms with E-state index in [2.05, 4.69) is 16.9 Å². The first-order chi connectivity index (χ1) is 8.49. The van der Waals surface area contributed by atoms with Gasteiger partial charge in [-0.25, -0.2) is 0 Å². The highest BCUT2D eigenvalue weighted by molar-refractivity contribution is 5.80. The van der Waals surface area contributed by atoms with Gasteiger partial charge in [-0.05, 0) is 6.42 Å². The smallest absolute Gasteiger partial charge is 0.140 e. The number of nitrogens with two attached hydrogens (primary N) is 3. The highest BCUT2D eigenvalue weighted by Gasteiger charge is 2.07. The van der Waals surface area contributed by atoms with Crippen molar-refractivity contribution in [1.29, 1.82) is 0 Å². The molecule has 0 aromatic heterocycles. The molecule has 8 nitrogen and oxygen atoms in total. The molecule has 8 N–H and O–H groups in total. The zero-order valence-corrected chi connectivity index (χ0v) is 10.4. The minimum Gasteiger partial charge on any atom is -0.409 e. The summed E-state index contributed by atoms with van der Waals surface area (Å²) in [7, 11) is 0. The van der Waals surface area contributed by atoms with E-state index in [1.165, 1.54) is 0 Å². The van der Waals surface area contributed by atoms with Gasteiger partial charge in [0.15, 0.2) is 0 Å². The number of nitrogens with zero attached hydrogens (tertiary/aromatic N) is 3. The molecular formula is C10H22N6O2. The van der Waals surface area contributed by atoms with Crippen molar-refractivity contribution >= 4 is 11.7 Å². The van der Waals surface area contributed by atoms with E-state index < -0.39 is 0 Å². The van der Waals surface area contributed by atoms with Gasteiger partial charge in [-0.1, -0.05) is 16.9 Å². The van der Waals surface area contributed by atoms with Gasteiger partial charge in [-0.15, -0.1) is 0 Å². The number of oxime groups is 2. The SMILES string of the molecule is C=C(N)CCN(CCC(N)=NO)CCC(N)=NO. The summed E-state index contributed by atoms with van der Waals surface area (Å²) in [5, 5.41) is 22.7. The first-order valence-corrected chi connectivity index (χ1v) is 5.58. The molecule has 0 aromatic carbocycles. The van der Waals surface area contributed by atoms with Crippen molar-refractivity contribution < 1.29 is 10.4 Å². The second-order valence-electron chi connectivity index (χ2n) is 3.93. The van der Waals surface area contributed by atoms with Crippen LogP contribution in [0.15, 0.2) is 22.6 Å². The van der Waals surface area contributed by atoms with Gasteiger partial charge in [0.1, 0.15) is 11.7 Å². The number of amidine groups is 2. The summed E-state index contributed by atoms with van der Waals surface area (Å²) >= 11 is 0. The van der Waals surface area contributed by atoms with Crippen LogP contribution in [0.3, 0.4) is 0 Å². The molecule has 0 spiro atoms. The van der Waals surface area contributed by atoms with Crippen LogP contribution in [0.1, 0.15) is 19.3 Å². The second-order valence-corrected chi connectivity index (χ2v) is 3.93. The summed E-state index contributed by atoms with van der Waals surface area (Å²) in [6.07, 6.45) is 1.51. The normalized spacial score (nSPS) is 12.9. The third-order valence-electron chi connectivity index (χ3n) is 2.37. The Bertz CT molecular complexity index is 293. The third kappa shape index (κ3) is 8.22. The molecule has 0 aromatic rings. The maximum Gasteiger partial charge on any atom is 0.140 e. The lowest BCUT2D eigenvalue weighted by Crippen LogP contribution is -2.33. The summed E-state index contributed by atoms with van der Waals surface area (Å²) < 4.78 is 0. The number of rotatable bonds is 9. The van der Waals surface area contributed by atoms with E-state index in [1.54, 1.807) is 0 Å². The molecule has 0 fully saturated rings. The van der Waals surface area contributed by atoms with Crippen LogP contribution in [0.4, 0.5) is 0 Å². The molecule has 0 unspecified atom stereocenters. The standard InChI is InChI=1S/C10H22N6O2/c1-8(11)2-5-16(6-3-9(12)14-17)7-4-10(13)15-18/h17-18H,1-7,11H2,(H2,12,14)(H2,13,15). The largest absolute Gasteiger partial charge is 0.409 e. The predicted octanol–water partition coefficient (Wildman–Crippen LogP) is -0.576. The highest BCUT2D eigenvalue weighted by Crippen LogP contribution is 1.99. The molecule has 0 aliphatic carbocycles. The Balaban J connectivity index is 4.19. The van der Waals surface area contributed by atoms with Crippen molar-refractivity contribution in [1.82, 2.24) is 4.90 Å². The monoisotopic (exact) mass is 258 g/mol. The van der Waals surface area contributed by atoms with Gasteiger partial charge in [-0.3, -0.25) is 0 Å². The lowest BCUT2D eigenvalue weighted by Gasteiger charge is -2.21. The molecule has 0 radical (unpaired) electrons. The van der Waals surface area contributed by atoms with E-state index in [1.807, 2.05) is 4.90 Å². The van der Waals surface area contributed by atoms with Crippen LogP contribution in [0.25, 0.3) is 0 Å². The Morgan fingerprint density at radius 1 is 0.889 bits per heavy atom. The Morgan fingerprint density at radius 3 is 1.61 bits per heavy atom. The van der Waals surface area contributed by atoms with Gasteiger partial charge >= 0.3 is 0 Å². The summed E-state index contributed by atoms with van der Waals surface area (Å²) in [6.45, 7) is 5.51. The van der Waals surface area contributed by atoms with Gasteiger partial charge in [0.05, 0.1) is 0 Å². The van der Waals surface area contributed by atoms with E-state index >= 15 is 0 Å². The summed E-state index contributed by atoms with van der Waals surface area (Å²) in [5.41, 5.74) is 16.9. The zero-order valence-electron chi connectivity index (χ0n) is 10.4. The van der Waals surface area contributed by atoms with Gasteiger partial charge in [-0.2, -0.15) is 0 Å². The van der Waals surface area contributed by atoms with E-state index in [0.29, 0.717) is 44.6 Å². The van der Waals surface area contributed by atoms with Crippen molar-refractivity contribution in [3.8, 4) is 0 Å². The summed E-state index contributed by atoms with van der Waals surface area (Å²) in [6, 6.07) is 0. The van der Waals surface area contributed by atoms with Gasteiger partial charge in [0.2, 0.25) is 0 Å². The maximum absolute atomic E-state index is 8.46. The highest BCUT2D eigenvalue weighted by atomic mass is 16.4. The van der Waals surface area contributed by atoms with Crippen LogP contribution >= 0.6 is 0 Å². The predicted molar refractivity (Wildman–Crippen MR) is 70.4 cm³/mol. The average Bonchev–Trinajstić information content (AvgIpc) is 2.36. The quantitative estimate of drug-likeness (QED) is 0.162. The van der Waals surface area contributed by atoms with Crippen LogP contribution in [0.5, 0.6) is 0 Å². The van der Waals surface area contributed by atoms with Crippen LogP contribution in [0.2, 0.25) is 0 Å². The van der Waals surface area contributed by atoms with E-state index in [0.717, 1.165) is 0 Å². The van der Waals surface area contributed by atoms with Crippen molar-refractivity contribution in [2.24, 2.45) is 27.5 Å². The fourth-order valence-electron chi connectivity index (χ4n) is 1.28. The van der Waals surface area contributed by atoms with Crippen molar-refractivity contribution in [2.75, 3.05) is 19.6 Å². The fraction of sp³-hybridized carbons (Fsp3) is 0.600. The molecule has 0 aliphatic rings. The first-order valence-electron chi connectivity index (χ1n) is 5.58. The molecule has 8 heteroatoms. The molecular weight excluding hydrogens is 236 g/mol. The van der Waals surface area contributed by atoms with Gasteiger partial charge < -0.3 is 32.5 Å². The fourth-order valence-corrected chi connectivity index (χ4v) is 1.28. The minimum atomic E-state index is 0.162. The summed E-state index contributed by atoms with van der Waals surface area (Å²) in [4.78, 5) is 2.02. The molecule has 0 aliphatic heterocycles. The van der Waals surface area contributed by atoms with Gasteiger partial charge in [0, 0.05) is 38.2 Å². The Labute approximate surface area is 106 Å². The van der Waals surface area contributed by atoms with Crippen LogP contribution < -0.4 is 17.2 Å². The molecule has 0 rings (SSSR count). The summed E-state index contributed by atoms with van der Waals surface area (Å²) in [5.74, 6) is 0.325. The average molecular weight is 258 g/mol. The Morgan fingerprint density at radius 2 is 1.28 bits per heavy atom. The molecule has 0 saturated carbocycles. The van der Waals surface area contributed by atoms with Crippen LogP contribution in [-0.2, 0) is 0 Å². The topological polar surface area (TPSA) is 146 Å². The number of hydrogen-bond donors (Lipinski definition) is 5. The first kappa shape index (κ1) is 16.0. The molecule has 0 heterocycles. The van der Waals surface area contributed by atoms with Crippen molar-refractivity contribution in [3.05, 3.63) is 12.3 Å². The van der Waals surface area contributed by atoms with Crippen molar-refractivity contribution in [2.45, 2.75) is 19.3 Å². The maximum atomic E-state index is 8.46.